The molecule has 1 heteroatoms. The second kappa shape index (κ2) is 34.0. The molecular formula is C36H75N. The molecule has 0 rings (SSSR count). The first-order chi connectivity index (χ1) is 18.3. The maximum Gasteiger partial charge on any atom is -0.00489 e. The predicted octanol–water partition coefficient (Wildman–Crippen LogP) is 13.0. The van der Waals surface area contributed by atoms with Gasteiger partial charge in [-0.15, -0.1) is 0 Å². The molecule has 1 nitrogen and oxygen atoms in total. The molecule has 224 valence electrons. The minimum atomic E-state index is 0.894. The molecule has 0 unspecified atom stereocenters. The molecule has 37 heavy (non-hydrogen) atoms. The van der Waals surface area contributed by atoms with Crippen LogP contribution in [0.3, 0.4) is 0 Å². The molecule has 0 amide bonds. The molecule has 0 saturated heterocycles. The number of unbranched alkanes of at least 4 members (excludes halogenated alkanes) is 27. The molecule has 0 radical (unpaired) electrons. The Labute approximate surface area is 237 Å². The molecule has 0 aromatic carbocycles. The maximum absolute atomic E-state index is 3.68. The van der Waals surface area contributed by atoms with Crippen LogP contribution in [0.5, 0.6) is 0 Å². The van der Waals surface area contributed by atoms with Gasteiger partial charge in [0.1, 0.15) is 0 Å². The molecule has 0 bridgehead atoms. The standard InChI is InChI=1S/C36H75N/c1-4-5-6-7-8-9-10-11-16-19-22-25-28-31-34-37-35-32-29-26-23-20-17-14-12-13-15-18-21-24-27-30-33-36(2)3/h36-37H,4-35H2,1-3H3. The van der Waals surface area contributed by atoms with Gasteiger partial charge in [0, 0.05) is 0 Å². The molecule has 0 spiro atoms. The summed E-state index contributed by atoms with van der Waals surface area (Å²) in [6.45, 7) is 9.49. The first kappa shape index (κ1) is 37.0. The minimum absolute atomic E-state index is 0.894. The molecule has 0 aliphatic rings. The largest absolute Gasteiger partial charge is 0.317 e. The smallest absolute Gasteiger partial charge is 0.00489 e. The fourth-order valence-corrected chi connectivity index (χ4v) is 5.67. The Kier molecular flexibility index (Phi) is 34.0. The summed E-state index contributed by atoms with van der Waals surface area (Å²) >= 11 is 0. The zero-order valence-corrected chi connectivity index (χ0v) is 26.7. The predicted molar refractivity (Wildman–Crippen MR) is 172 cm³/mol. The lowest BCUT2D eigenvalue weighted by Gasteiger charge is -2.06. The third-order valence-electron chi connectivity index (χ3n) is 8.34. The highest BCUT2D eigenvalue weighted by Crippen LogP contribution is 2.15. The van der Waals surface area contributed by atoms with Crippen LogP contribution in [0.15, 0.2) is 0 Å². The van der Waals surface area contributed by atoms with Gasteiger partial charge >= 0.3 is 0 Å². The van der Waals surface area contributed by atoms with Crippen molar-refractivity contribution in [3.05, 3.63) is 0 Å². The molecule has 0 aliphatic heterocycles. The van der Waals surface area contributed by atoms with Gasteiger partial charge in [0.05, 0.1) is 0 Å². The fourth-order valence-electron chi connectivity index (χ4n) is 5.67. The van der Waals surface area contributed by atoms with Gasteiger partial charge in [-0.3, -0.25) is 0 Å². The van der Waals surface area contributed by atoms with Crippen LogP contribution in [-0.2, 0) is 0 Å². The van der Waals surface area contributed by atoms with Crippen LogP contribution in [0.4, 0.5) is 0 Å². The highest BCUT2D eigenvalue weighted by Gasteiger charge is 1.97. The van der Waals surface area contributed by atoms with Crippen LogP contribution in [0.1, 0.15) is 213 Å². The van der Waals surface area contributed by atoms with E-state index in [0.717, 1.165) is 5.92 Å². The van der Waals surface area contributed by atoms with Crippen molar-refractivity contribution < 1.29 is 0 Å². The molecule has 0 saturated carbocycles. The van der Waals surface area contributed by atoms with Crippen molar-refractivity contribution in [1.82, 2.24) is 5.32 Å². The van der Waals surface area contributed by atoms with Crippen LogP contribution in [0.2, 0.25) is 0 Å². The van der Waals surface area contributed by atoms with Crippen molar-refractivity contribution in [1.29, 1.82) is 0 Å². The molecule has 0 fully saturated rings. The van der Waals surface area contributed by atoms with Gasteiger partial charge < -0.3 is 5.32 Å². The fraction of sp³-hybridized carbons (Fsp3) is 1.00. The van der Waals surface area contributed by atoms with Crippen LogP contribution in [0, 0.1) is 5.92 Å². The van der Waals surface area contributed by atoms with Crippen molar-refractivity contribution in [3.63, 3.8) is 0 Å². The van der Waals surface area contributed by atoms with E-state index in [4.69, 9.17) is 0 Å². The summed E-state index contributed by atoms with van der Waals surface area (Å²) in [6, 6.07) is 0. The zero-order chi connectivity index (χ0) is 26.9. The van der Waals surface area contributed by atoms with Crippen LogP contribution in [0.25, 0.3) is 0 Å². The number of rotatable bonds is 33. The van der Waals surface area contributed by atoms with Crippen molar-refractivity contribution in [2.75, 3.05) is 13.1 Å². The Morgan fingerprint density at radius 1 is 0.324 bits per heavy atom. The summed E-state index contributed by atoms with van der Waals surface area (Å²) in [5, 5.41) is 3.68. The quantitative estimate of drug-likeness (QED) is 0.0846. The molecular weight excluding hydrogens is 446 g/mol. The molecule has 0 heterocycles. The first-order valence-electron chi connectivity index (χ1n) is 18.0. The van der Waals surface area contributed by atoms with Crippen LogP contribution < -0.4 is 5.32 Å². The lowest BCUT2D eigenvalue weighted by molar-refractivity contribution is 0.501. The van der Waals surface area contributed by atoms with Crippen LogP contribution in [-0.4, -0.2) is 13.1 Å². The third kappa shape index (κ3) is 36.0. The van der Waals surface area contributed by atoms with E-state index in [1.807, 2.05) is 0 Å². The van der Waals surface area contributed by atoms with Crippen LogP contribution >= 0.6 is 0 Å². The lowest BCUT2D eigenvalue weighted by atomic mass is 10.0. The van der Waals surface area contributed by atoms with Crippen molar-refractivity contribution >= 4 is 0 Å². The highest BCUT2D eigenvalue weighted by molar-refractivity contribution is 4.54. The van der Waals surface area contributed by atoms with Gasteiger partial charge in [-0.05, 0) is 31.8 Å². The number of hydrogen-bond donors (Lipinski definition) is 1. The van der Waals surface area contributed by atoms with Gasteiger partial charge in [-0.2, -0.15) is 0 Å². The Hall–Kier alpha value is -0.0400. The Bertz CT molecular complexity index is 377. The van der Waals surface area contributed by atoms with E-state index < -0.39 is 0 Å². The van der Waals surface area contributed by atoms with Gasteiger partial charge in [-0.25, -0.2) is 0 Å². The maximum atomic E-state index is 3.68. The van der Waals surface area contributed by atoms with Crippen molar-refractivity contribution in [2.24, 2.45) is 5.92 Å². The van der Waals surface area contributed by atoms with Crippen molar-refractivity contribution in [3.8, 4) is 0 Å². The minimum Gasteiger partial charge on any atom is -0.317 e. The highest BCUT2D eigenvalue weighted by atomic mass is 14.8. The summed E-state index contributed by atoms with van der Waals surface area (Å²) in [5.74, 6) is 0.894. The zero-order valence-electron chi connectivity index (χ0n) is 26.7. The number of nitrogens with one attached hydrogen (secondary N) is 1. The summed E-state index contributed by atoms with van der Waals surface area (Å²) in [5.41, 5.74) is 0. The van der Waals surface area contributed by atoms with Gasteiger partial charge in [0.15, 0.2) is 0 Å². The van der Waals surface area contributed by atoms with E-state index in [-0.39, 0.29) is 0 Å². The lowest BCUT2D eigenvalue weighted by Crippen LogP contribution is -2.16. The van der Waals surface area contributed by atoms with Gasteiger partial charge in [0.25, 0.3) is 0 Å². The van der Waals surface area contributed by atoms with E-state index in [0.29, 0.717) is 0 Å². The monoisotopic (exact) mass is 522 g/mol. The molecule has 0 aliphatic carbocycles. The summed E-state index contributed by atoms with van der Waals surface area (Å²) in [4.78, 5) is 0. The second-order valence-electron chi connectivity index (χ2n) is 12.8. The van der Waals surface area contributed by atoms with E-state index in [2.05, 4.69) is 26.1 Å². The molecule has 0 atom stereocenters. The third-order valence-corrected chi connectivity index (χ3v) is 8.34. The average Bonchev–Trinajstić information content (AvgIpc) is 2.89. The Balaban J connectivity index is 3.01. The molecule has 0 aromatic rings. The van der Waals surface area contributed by atoms with E-state index in [1.165, 1.54) is 206 Å². The summed E-state index contributed by atoms with van der Waals surface area (Å²) in [6.07, 6.45) is 43.8. The average molecular weight is 522 g/mol. The van der Waals surface area contributed by atoms with Crippen molar-refractivity contribution in [2.45, 2.75) is 213 Å². The summed E-state index contributed by atoms with van der Waals surface area (Å²) < 4.78 is 0. The summed E-state index contributed by atoms with van der Waals surface area (Å²) in [7, 11) is 0. The van der Waals surface area contributed by atoms with E-state index >= 15 is 0 Å². The van der Waals surface area contributed by atoms with E-state index in [9.17, 15) is 0 Å². The number of hydrogen-bond acceptors (Lipinski definition) is 1. The Morgan fingerprint density at radius 2 is 0.568 bits per heavy atom. The first-order valence-corrected chi connectivity index (χ1v) is 18.0. The SMILES string of the molecule is CCCCCCCCCCCCCCCCNCCCCCCCCCCCCCCCCCC(C)C. The second-order valence-corrected chi connectivity index (χ2v) is 12.8. The molecule has 1 N–H and O–H groups in total. The Morgan fingerprint density at radius 3 is 0.838 bits per heavy atom. The van der Waals surface area contributed by atoms with Gasteiger partial charge in [0.2, 0.25) is 0 Å². The molecule has 0 aromatic heterocycles. The van der Waals surface area contributed by atoms with E-state index in [1.54, 1.807) is 0 Å². The topological polar surface area (TPSA) is 12.0 Å². The normalized spacial score (nSPS) is 11.7. The van der Waals surface area contributed by atoms with Gasteiger partial charge in [-0.1, -0.05) is 201 Å².